The highest BCUT2D eigenvalue weighted by Gasteiger charge is 2.59. The van der Waals surface area contributed by atoms with Gasteiger partial charge in [0.05, 0.1) is 11.2 Å². The Morgan fingerprint density at radius 2 is 1.83 bits per heavy atom. The highest BCUT2D eigenvalue weighted by atomic mass is 16.3. The van der Waals surface area contributed by atoms with Crippen LogP contribution in [0, 0.1) is 34.5 Å². The summed E-state index contributed by atoms with van der Waals surface area (Å²) >= 11 is 0. The molecule has 0 heterocycles. The second-order valence-corrected chi connectivity index (χ2v) is 12.5. The van der Waals surface area contributed by atoms with Gasteiger partial charge in [-0.25, -0.2) is 0 Å². The molecule has 7 atom stereocenters. The summed E-state index contributed by atoms with van der Waals surface area (Å²) in [6.45, 7) is 11.2. The van der Waals surface area contributed by atoms with Crippen LogP contribution in [0.2, 0.25) is 0 Å². The van der Waals surface area contributed by atoms with Crippen molar-refractivity contribution in [2.24, 2.45) is 34.5 Å². The Labute approximate surface area is 179 Å². The maximum Gasteiger partial charge on any atom is 0.0682 e. The molecule has 2 nitrogen and oxygen atoms in total. The van der Waals surface area contributed by atoms with Crippen LogP contribution in [0.4, 0.5) is 0 Å². The Morgan fingerprint density at radius 3 is 2.52 bits per heavy atom. The standard InChI is InChI=1S/C27H46O2/c1-6-27(29)17-16-26(5)20(18-27)9-11-21-22-12-10-19(8-7-14-24(2,3)28)25(22,4)15-13-23(21)26/h9,19,21-23,28-29H,6-8,10-18H2,1-5H3/t19-,21+,22+,23+,25-,26+,27-/m1/s1. The molecular formula is C27H46O2. The molecule has 4 rings (SSSR count). The van der Waals surface area contributed by atoms with E-state index in [1.165, 1.54) is 51.4 Å². The minimum Gasteiger partial charge on any atom is -0.390 e. The van der Waals surface area contributed by atoms with Crippen LogP contribution in [0.3, 0.4) is 0 Å². The second-order valence-electron chi connectivity index (χ2n) is 12.5. The van der Waals surface area contributed by atoms with Crippen molar-refractivity contribution in [1.29, 1.82) is 0 Å². The van der Waals surface area contributed by atoms with Crippen molar-refractivity contribution in [3.63, 3.8) is 0 Å². The van der Waals surface area contributed by atoms with Gasteiger partial charge in [-0.15, -0.1) is 0 Å². The van der Waals surface area contributed by atoms with Gasteiger partial charge >= 0.3 is 0 Å². The fraction of sp³-hybridized carbons (Fsp3) is 0.926. The van der Waals surface area contributed by atoms with Gasteiger partial charge in [0.25, 0.3) is 0 Å². The van der Waals surface area contributed by atoms with Crippen molar-refractivity contribution < 1.29 is 10.2 Å². The minimum atomic E-state index is -0.517. The lowest BCUT2D eigenvalue weighted by Gasteiger charge is -2.59. The molecule has 4 aliphatic carbocycles. The van der Waals surface area contributed by atoms with E-state index in [1.54, 1.807) is 5.57 Å². The van der Waals surface area contributed by atoms with Crippen LogP contribution < -0.4 is 0 Å². The molecule has 2 heteroatoms. The van der Waals surface area contributed by atoms with E-state index in [4.69, 9.17) is 0 Å². The zero-order chi connectivity index (χ0) is 21.1. The molecule has 0 aromatic heterocycles. The number of allylic oxidation sites excluding steroid dienone is 1. The summed E-state index contributed by atoms with van der Waals surface area (Å²) in [6, 6.07) is 0. The van der Waals surface area contributed by atoms with Crippen LogP contribution in [0.15, 0.2) is 11.6 Å². The Kier molecular flexibility index (Phi) is 5.56. The largest absolute Gasteiger partial charge is 0.390 e. The van der Waals surface area contributed by atoms with E-state index in [2.05, 4.69) is 26.8 Å². The number of aliphatic hydroxyl groups is 2. The number of rotatable bonds is 5. The van der Waals surface area contributed by atoms with Gasteiger partial charge in [0.15, 0.2) is 0 Å². The zero-order valence-corrected chi connectivity index (χ0v) is 19.8. The van der Waals surface area contributed by atoms with Crippen molar-refractivity contribution in [2.45, 2.75) is 123 Å². The third-order valence-electron chi connectivity index (χ3n) is 10.5. The van der Waals surface area contributed by atoms with E-state index in [0.717, 1.165) is 49.4 Å². The first-order valence-corrected chi connectivity index (χ1v) is 12.7. The maximum atomic E-state index is 10.9. The predicted octanol–water partition coefficient (Wildman–Crippen LogP) is 6.65. The lowest BCUT2D eigenvalue weighted by atomic mass is 9.46. The van der Waals surface area contributed by atoms with E-state index < -0.39 is 11.2 Å². The minimum absolute atomic E-state index is 0.338. The summed E-state index contributed by atoms with van der Waals surface area (Å²) in [5.41, 5.74) is 1.49. The van der Waals surface area contributed by atoms with Crippen LogP contribution in [-0.4, -0.2) is 21.4 Å². The number of fused-ring (bicyclic) bond motifs is 5. The highest BCUT2D eigenvalue weighted by Crippen LogP contribution is 2.67. The molecule has 0 radical (unpaired) electrons. The van der Waals surface area contributed by atoms with E-state index in [0.29, 0.717) is 10.8 Å². The first-order valence-electron chi connectivity index (χ1n) is 12.7. The Hall–Kier alpha value is -0.340. The molecule has 0 unspecified atom stereocenters. The summed E-state index contributed by atoms with van der Waals surface area (Å²) in [7, 11) is 0. The molecule has 0 aromatic rings. The SMILES string of the molecule is CC[C@@]1(O)CC[C@@]2(C)C(=CC[C@H]3[C@@H]4CC[C@@H](CCCC(C)(C)O)[C@@]4(C)CC[C@@H]32)C1. The summed E-state index contributed by atoms with van der Waals surface area (Å²) in [5.74, 6) is 3.42. The van der Waals surface area contributed by atoms with Gasteiger partial charge < -0.3 is 10.2 Å². The molecule has 0 bridgehead atoms. The quantitative estimate of drug-likeness (QED) is 0.506. The van der Waals surface area contributed by atoms with Crippen molar-refractivity contribution in [3.8, 4) is 0 Å². The van der Waals surface area contributed by atoms with Gasteiger partial charge in [-0.3, -0.25) is 0 Å². The fourth-order valence-electron chi connectivity index (χ4n) is 8.38. The smallest absolute Gasteiger partial charge is 0.0682 e. The van der Waals surface area contributed by atoms with Crippen molar-refractivity contribution in [1.82, 2.24) is 0 Å². The third-order valence-corrected chi connectivity index (χ3v) is 10.5. The first kappa shape index (κ1) is 21.9. The predicted molar refractivity (Wildman–Crippen MR) is 121 cm³/mol. The van der Waals surface area contributed by atoms with Crippen molar-refractivity contribution in [3.05, 3.63) is 11.6 Å². The average molecular weight is 403 g/mol. The summed E-state index contributed by atoms with van der Waals surface area (Å²) in [4.78, 5) is 0. The number of hydrogen-bond acceptors (Lipinski definition) is 2. The molecule has 166 valence electrons. The molecular weight excluding hydrogens is 356 g/mol. The highest BCUT2D eigenvalue weighted by molar-refractivity contribution is 5.27. The van der Waals surface area contributed by atoms with Gasteiger partial charge in [-0.1, -0.05) is 38.8 Å². The molecule has 2 N–H and O–H groups in total. The zero-order valence-electron chi connectivity index (χ0n) is 19.8. The number of hydrogen-bond donors (Lipinski definition) is 2. The molecule has 0 amide bonds. The Balaban J connectivity index is 1.49. The second kappa shape index (κ2) is 7.37. The molecule has 0 spiro atoms. The van der Waals surface area contributed by atoms with E-state index in [1.807, 2.05) is 13.8 Å². The van der Waals surface area contributed by atoms with Gasteiger partial charge in [0, 0.05) is 0 Å². The van der Waals surface area contributed by atoms with Gasteiger partial charge in [0.2, 0.25) is 0 Å². The fourth-order valence-corrected chi connectivity index (χ4v) is 8.38. The van der Waals surface area contributed by atoms with Crippen LogP contribution in [0.5, 0.6) is 0 Å². The average Bonchev–Trinajstić information content (AvgIpc) is 2.98. The van der Waals surface area contributed by atoms with E-state index in [-0.39, 0.29) is 0 Å². The van der Waals surface area contributed by atoms with Crippen LogP contribution in [-0.2, 0) is 0 Å². The van der Waals surface area contributed by atoms with Crippen LogP contribution in [0.25, 0.3) is 0 Å². The molecule has 3 fully saturated rings. The lowest BCUT2D eigenvalue weighted by Crippen LogP contribution is -2.52. The topological polar surface area (TPSA) is 40.5 Å². The molecule has 0 aromatic carbocycles. The molecule has 3 saturated carbocycles. The van der Waals surface area contributed by atoms with E-state index in [9.17, 15) is 10.2 Å². The summed E-state index contributed by atoms with van der Waals surface area (Å²) in [6.07, 6.45) is 16.8. The molecule has 29 heavy (non-hydrogen) atoms. The van der Waals surface area contributed by atoms with Crippen molar-refractivity contribution in [2.75, 3.05) is 0 Å². The van der Waals surface area contributed by atoms with Gasteiger partial charge in [0.1, 0.15) is 0 Å². The molecule has 0 aliphatic heterocycles. The molecule has 4 aliphatic rings. The lowest BCUT2D eigenvalue weighted by molar-refractivity contribution is -0.0719. The van der Waals surface area contributed by atoms with Crippen LogP contribution in [0.1, 0.15) is 112 Å². The normalized spacial score (nSPS) is 47.2. The van der Waals surface area contributed by atoms with Crippen molar-refractivity contribution >= 4 is 0 Å². The molecule has 0 saturated heterocycles. The third kappa shape index (κ3) is 3.75. The van der Waals surface area contributed by atoms with Crippen LogP contribution >= 0.6 is 0 Å². The summed E-state index contributed by atoms with van der Waals surface area (Å²) < 4.78 is 0. The maximum absolute atomic E-state index is 10.9. The first-order chi connectivity index (χ1) is 13.5. The van der Waals surface area contributed by atoms with Gasteiger partial charge in [-0.05, 0) is 119 Å². The van der Waals surface area contributed by atoms with E-state index >= 15 is 0 Å². The monoisotopic (exact) mass is 402 g/mol. The van der Waals surface area contributed by atoms with Gasteiger partial charge in [-0.2, -0.15) is 0 Å². The Bertz CT molecular complexity index is 645. The summed E-state index contributed by atoms with van der Waals surface area (Å²) in [5, 5.41) is 21.0. The Morgan fingerprint density at radius 1 is 1.07 bits per heavy atom.